The van der Waals surface area contributed by atoms with Crippen LogP contribution < -0.4 is 0 Å². The van der Waals surface area contributed by atoms with Gasteiger partial charge in [0.1, 0.15) is 29.5 Å². The van der Waals surface area contributed by atoms with E-state index in [1.54, 1.807) is 0 Å². The van der Waals surface area contributed by atoms with Crippen LogP contribution in [0.5, 0.6) is 0 Å². The number of hydrogen-bond donors (Lipinski definition) is 2. The quantitative estimate of drug-likeness (QED) is 0.519. The molecule has 0 aromatic rings. The summed E-state index contributed by atoms with van der Waals surface area (Å²) in [7, 11) is 0. The van der Waals surface area contributed by atoms with Crippen LogP contribution in [0.25, 0.3) is 0 Å². The molecular formula is C20H24O7. The van der Waals surface area contributed by atoms with Gasteiger partial charge in [-0.3, -0.25) is 0 Å². The van der Waals surface area contributed by atoms with E-state index in [2.05, 4.69) is 6.92 Å². The molecule has 0 bridgehead atoms. The third-order valence-electron chi connectivity index (χ3n) is 9.13. The molecule has 0 amide bonds. The molecule has 7 aliphatic rings. The first-order valence-electron chi connectivity index (χ1n) is 10.1. The van der Waals surface area contributed by atoms with Crippen LogP contribution in [0.3, 0.4) is 0 Å². The van der Waals surface area contributed by atoms with Crippen molar-refractivity contribution in [2.24, 2.45) is 17.8 Å². The van der Waals surface area contributed by atoms with Crippen LogP contribution in [0.2, 0.25) is 0 Å². The number of aliphatic hydroxyl groups excluding tert-OH is 2. The Morgan fingerprint density at radius 3 is 2.93 bits per heavy atom. The summed E-state index contributed by atoms with van der Waals surface area (Å²) in [6, 6.07) is 0. The van der Waals surface area contributed by atoms with Crippen LogP contribution in [0.1, 0.15) is 33.1 Å². The van der Waals surface area contributed by atoms with Gasteiger partial charge in [-0.1, -0.05) is 13.8 Å². The summed E-state index contributed by atoms with van der Waals surface area (Å²) in [5.41, 5.74) is -0.531. The summed E-state index contributed by atoms with van der Waals surface area (Å²) in [6.45, 7) is 4.40. The molecule has 4 heterocycles. The standard InChI is InChI=1S/C20H24O7/c1-8(6-21)18-14(26-18)9(2)20-17(27-20)4-3-10-11(7-24-15(10)22)12(17)5-13-19(20,25-13)16(18)23/h8-9,12-14,16,21,23H,3-7H2,1-2H3/t8-,9-,12?,13-,14?,16+,17+,18?,19+,20+/m0/s1. The molecule has 10 atom stereocenters. The molecule has 3 saturated heterocycles. The zero-order valence-corrected chi connectivity index (χ0v) is 15.4. The normalized spacial score (nSPS) is 62.2. The van der Waals surface area contributed by atoms with Crippen LogP contribution in [0.4, 0.5) is 0 Å². The summed E-state index contributed by atoms with van der Waals surface area (Å²) in [5, 5.41) is 21.2. The van der Waals surface area contributed by atoms with Gasteiger partial charge in [0.25, 0.3) is 0 Å². The maximum absolute atomic E-state index is 12.1. The molecule has 3 aliphatic carbocycles. The number of hydrogen-bond acceptors (Lipinski definition) is 7. The second kappa shape index (κ2) is 4.14. The predicted molar refractivity (Wildman–Crippen MR) is 88.5 cm³/mol. The maximum Gasteiger partial charge on any atom is 0.334 e. The van der Waals surface area contributed by atoms with Crippen LogP contribution in [0.15, 0.2) is 11.1 Å². The first-order valence-corrected chi connectivity index (χ1v) is 10.1. The minimum atomic E-state index is -0.810. The van der Waals surface area contributed by atoms with Gasteiger partial charge in [-0.15, -0.1) is 0 Å². The van der Waals surface area contributed by atoms with Gasteiger partial charge < -0.3 is 29.2 Å². The predicted octanol–water partition coefficient (Wildman–Crippen LogP) is 0.0755. The van der Waals surface area contributed by atoms with E-state index in [-0.39, 0.29) is 42.5 Å². The first-order chi connectivity index (χ1) is 12.9. The molecule has 3 spiro atoms. The third-order valence-corrected chi connectivity index (χ3v) is 9.13. The van der Waals surface area contributed by atoms with Gasteiger partial charge in [0.15, 0.2) is 5.60 Å². The van der Waals surface area contributed by atoms with Crippen molar-refractivity contribution in [3.8, 4) is 0 Å². The highest BCUT2D eigenvalue weighted by atomic mass is 16.7. The SMILES string of the molecule is C[C@@H](CO)C12OC1[C@H](C)[C@@]13O[C@@]14CCC1=C(COC1=O)C4C[C@@H]1O[C@@]13[C@@H]2O. The fourth-order valence-electron chi connectivity index (χ4n) is 7.86. The zero-order valence-electron chi connectivity index (χ0n) is 15.4. The van der Waals surface area contributed by atoms with E-state index in [1.165, 1.54) is 0 Å². The van der Waals surface area contributed by atoms with Crippen LogP contribution >= 0.6 is 0 Å². The van der Waals surface area contributed by atoms with Crippen molar-refractivity contribution in [1.29, 1.82) is 0 Å². The molecule has 2 saturated carbocycles. The summed E-state index contributed by atoms with van der Waals surface area (Å²) >= 11 is 0. The number of carbonyl (C=O) groups is 1. The van der Waals surface area contributed by atoms with Gasteiger partial charge >= 0.3 is 5.97 Å². The number of fused-ring (bicyclic) bond motifs is 2. The van der Waals surface area contributed by atoms with Gasteiger partial charge in [-0.05, 0) is 24.8 Å². The molecule has 0 radical (unpaired) electrons. The molecule has 7 heteroatoms. The molecule has 2 N–H and O–H groups in total. The van der Waals surface area contributed by atoms with Crippen molar-refractivity contribution in [2.75, 3.05) is 13.2 Å². The fraction of sp³-hybridized carbons (Fsp3) is 0.850. The lowest BCUT2D eigenvalue weighted by atomic mass is 9.51. The average molecular weight is 376 g/mol. The van der Waals surface area contributed by atoms with Crippen LogP contribution in [-0.2, 0) is 23.7 Å². The molecule has 3 unspecified atom stereocenters. The zero-order chi connectivity index (χ0) is 18.6. The fourth-order valence-corrected chi connectivity index (χ4v) is 7.86. The number of epoxide rings is 3. The molecule has 4 aliphatic heterocycles. The maximum atomic E-state index is 12.1. The van der Waals surface area contributed by atoms with Gasteiger partial charge in [-0.25, -0.2) is 4.79 Å². The molecule has 7 rings (SSSR count). The molecule has 7 nitrogen and oxygen atoms in total. The van der Waals surface area contributed by atoms with Crippen molar-refractivity contribution in [2.45, 2.75) is 73.8 Å². The number of cyclic esters (lactones) is 1. The molecule has 146 valence electrons. The molecule has 27 heavy (non-hydrogen) atoms. The topological polar surface area (TPSA) is 104 Å². The Morgan fingerprint density at radius 1 is 1.33 bits per heavy atom. The van der Waals surface area contributed by atoms with Crippen molar-refractivity contribution in [3.63, 3.8) is 0 Å². The highest BCUT2D eigenvalue weighted by Crippen LogP contribution is 2.83. The summed E-state index contributed by atoms with van der Waals surface area (Å²) in [4.78, 5) is 12.1. The van der Waals surface area contributed by atoms with Gasteiger partial charge in [-0.2, -0.15) is 0 Å². The number of aliphatic hydroxyl groups is 2. The highest BCUT2D eigenvalue weighted by molar-refractivity contribution is 5.92. The smallest absolute Gasteiger partial charge is 0.334 e. The van der Waals surface area contributed by atoms with Gasteiger partial charge in [0, 0.05) is 29.9 Å². The molecule has 0 aromatic heterocycles. The monoisotopic (exact) mass is 376 g/mol. The number of rotatable bonds is 2. The second-order valence-electron chi connectivity index (χ2n) is 9.66. The van der Waals surface area contributed by atoms with Crippen LogP contribution in [0, 0.1) is 17.8 Å². The Hall–Kier alpha value is -0.990. The number of carbonyl (C=O) groups excluding carboxylic acids is 1. The van der Waals surface area contributed by atoms with Gasteiger partial charge in [0.05, 0.1) is 12.2 Å². The van der Waals surface area contributed by atoms with E-state index >= 15 is 0 Å². The lowest BCUT2D eigenvalue weighted by Crippen LogP contribution is -2.68. The van der Waals surface area contributed by atoms with E-state index in [1.807, 2.05) is 6.92 Å². The molecule has 5 fully saturated rings. The second-order valence-corrected chi connectivity index (χ2v) is 9.66. The van der Waals surface area contributed by atoms with E-state index in [4.69, 9.17) is 18.9 Å². The minimum absolute atomic E-state index is 0.0294. The number of esters is 1. The van der Waals surface area contributed by atoms with Crippen LogP contribution in [-0.4, -0.2) is 70.1 Å². The lowest BCUT2D eigenvalue weighted by molar-refractivity contribution is -0.136. The highest BCUT2D eigenvalue weighted by Gasteiger charge is 3.01. The summed E-state index contributed by atoms with van der Waals surface area (Å²) in [6.07, 6.45) is 1.12. The molecule has 0 aromatic carbocycles. The Bertz CT molecular complexity index is 838. The first kappa shape index (κ1) is 15.9. The van der Waals surface area contributed by atoms with E-state index in [0.717, 1.165) is 24.0 Å². The molecular weight excluding hydrogens is 352 g/mol. The summed E-state index contributed by atoms with van der Waals surface area (Å²) < 4.78 is 24.4. The number of ether oxygens (including phenoxy) is 4. The van der Waals surface area contributed by atoms with Crippen molar-refractivity contribution < 1.29 is 34.0 Å². The van der Waals surface area contributed by atoms with E-state index in [9.17, 15) is 15.0 Å². The Morgan fingerprint density at radius 2 is 2.15 bits per heavy atom. The van der Waals surface area contributed by atoms with Crippen molar-refractivity contribution in [1.82, 2.24) is 0 Å². The van der Waals surface area contributed by atoms with E-state index < -0.39 is 28.5 Å². The third kappa shape index (κ3) is 1.27. The Balaban J connectivity index is 1.36. The van der Waals surface area contributed by atoms with E-state index in [0.29, 0.717) is 13.0 Å². The largest absolute Gasteiger partial charge is 0.458 e. The van der Waals surface area contributed by atoms with Crippen molar-refractivity contribution >= 4 is 5.97 Å². The summed E-state index contributed by atoms with van der Waals surface area (Å²) in [5.74, 6) is -0.168. The Labute approximate surface area is 156 Å². The van der Waals surface area contributed by atoms with Gasteiger partial charge in [0.2, 0.25) is 0 Å². The Kier molecular flexibility index (Phi) is 2.43. The minimum Gasteiger partial charge on any atom is -0.458 e. The average Bonchev–Trinajstić information content (AvgIpc) is 3.57. The lowest BCUT2D eigenvalue weighted by Gasteiger charge is -2.46. The van der Waals surface area contributed by atoms with Crippen molar-refractivity contribution in [3.05, 3.63) is 11.1 Å².